The fourth-order valence-corrected chi connectivity index (χ4v) is 3.05. The molecule has 0 bridgehead atoms. The van der Waals surface area contributed by atoms with E-state index >= 15 is 0 Å². The first kappa shape index (κ1) is 13.5. The molecule has 1 fully saturated rings. The van der Waals surface area contributed by atoms with Crippen molar-refractivity contribution in [1.82, 2.24) is 24.9 Å². The number of aromatic nitrogens is 5. The third-order valence-corrected chi connectivity index (χ3v) is 4.64. The summed E-state index contributed by atoms with van der Waals surface area (Å²) in [6.45, 7) is 0. The summed E-state index contributed by atoms with van der Waals surface area (Å²) in [4.78, 5) is 4.42. The standard InChI is InChI=1S/C15H15N5OS/c1-20-14(11-7-8-11)17-18-15(20)22-9-12-16-13(19-21-12)10-5-3-2-4-6-10/h2-6,11H,7-9H2,1H3. The van der Waals surface area contributed by atoms with Crippen LogP contribution < -0.4 is 0 Å². The van der Waals surface area contributed by atoms with Gasteiger partial charge in [-0.05, 0) is 12.8 Å². The monoisotopic (exact) mass is 313 g/mol. The highest BCUT2D eigenvalue weighted by Gasteiger charge is 2.29. The van der Waals surface area contributed by atoms with Gasteiger partial charge >= 0.3 is 0 Å². The Morgan fingerprint density at radius 1 is 1.23 bits per heavy atom. The van der Waals surface area contributed by atoms with Crippen molar-refractivity contribution in [1.29, 1.82) is 0 Å². The highest BCUT2D eigenvalue weighted by molar-refractivity contribution is 7.98. The average molecular weight is 313 g/mol. The molecule has 22 heavy (non-hydrogen) atoms. The first-order chi connectivity index (χ1) is 10.8. The van der Waals surface area contributed by atoms with Gasteiger partial charge in [0.2, 0.25) is 11.7 Å². The maximum Gasteiger partial charge on any atom is 0.237 e. The van der Waals surface area contributed by atoms with Crippen molar-refractivity contribution in [3.05, 3.63) is 42.0 Å². The predicted molar refractivity (Wildman–Crippen MR) is 82.3 cm³/mol. The highest BCUT2D eigenvalue weighted by atomic mass is 32.2. The molecule has 7 heteroatoms. The van der Waals surface area contributed by atoms with Crippen molar-refractivity contribution >= 4 is 11.8 Å². The van der Waals surface area contributed by atoms with E-state index in [-0.39, 0.29) is 0 Å². The van der Waals surface area contributed by atoms with Crippen LogP contribution in [-0.4, -0.2) is 24.9 Å². The van der Waals surface area contributed by atoms with Gasteiger partial charge in [-0.3, -0.25) is 0 Å². The van der Waals surface area contributed by atoms with Crippen LogP contribution in [0.5, 0.6) is 0 Å². The van der Waals surface area contributed by atoms with Crippen molar-refractivity contribution in [2.45, 2.75) is 29.7 Å². The molecule has 1 aliphatic carbocycles. The van der Waals surface area contributed by atoms with Crippen LogP contribution in [0.4, 0.5) is 0 Å². The normalized spacial score (nSPS) is 14.4. The van der Waals surface area contributed by atoms with E-state index in [2.05, 4.69) is 24.9 Å². The molecule has 0 saturated heterocycles. The molecular weight excluding hydrogens is 298 g/mol. The van der Waals surface area contributed by atoms with Crippen LogP contribution >= 0.6 is 11.8 Å². The van der Waals surface area contributed by atoms with Crippen LogP contribution in [0.2, 0.25) is 0 Å². The second-order valence-electron chi connectivity index (χ2n) is 5.34. The van der Waals surface area contributed by atoms with Crippen molar-refractivity contribution in [3.63, 3.8) is 0 Å². The number of benzene rings is 1. The predicted octanol–water partition coefficient (Wildman–Crippen LogP) is 3.03. The molecule has 2 heterocycles. The lowest BCUT2D eigenvalue weighted by atomic mass is 10.2. The zero-order chi connectivity index (χ0) is 14.9. The van der Waals surface area contributed by atoms with Gasteiger partial charge in [-0.1, -0.05) is 47.3 Å². The van der Waals surface area contributed by atoms with Gasteiger partial charge in [0, 0.05) is 18.5 Å². The molecule has 1 aliphatic rings. The number of thioether (sulfide) groups is 1. The SMILES string of the molecule is Cn1c(SCc2nc(-c3ccccc3)no2)nnc1C1CC1. The summed E-state index contributed by atoms with van der Waals surface area (Å²) in [5.41, 5.74) is 0.956. The van der Waals surface area contributed by atoms with Crippen molar-refractivity contribution in [2.75, 3.05) is 0 Å². The largest absolute Gasteiger partial charge is 0.338 e. The second-order valence-corrected chi connectivity index (χ2v) is 6.28. The van der Waals surface area contributed by atoms with Crippen LogP contribution in [0.3, 0.4) is 0 Å². The van der Waals surface area contributed by atoms with Gasteiger partial charge < -0.3 is 9.09 Å². The van der Waals surface area contributed by atoms with Gasteiger partial charge in [0.1, 0.15) is 5.82 Å². The Bertz CT molecular complexity index is 778. The number of hydrogen-bond acceptors (Lipinski definition) is 6. The Kier molecular flexibility index (Phi) is 3.42. The molecule has 0 amide bonds. The summed E-state index contributed by atoms with van der Waals surface area (Å²) in [6, 6.07) is 9.81. The Labute approximate surface area is 131 Å². The maximum absolute atomic E-state index is 5.31. The van der Waals surface area contributed by atoms with Crippen molar-refractivity contribution in [3.8, 4) is 11.4 Å². The Hall–Kier alpha value is -2.15. The maximum atomic E-state index is 5.31. The summed E-state index contributed by atoms with van der Waals surface area (Å²) in [5, 5.41) is 13.4. The Morgan fingerprint density at radius 3 is 2.82 bits per heavy atom. The van der Waals surface area contributed by atoms with Gasteiger partial charge in [0.15, 0.2) is 5.16 Å². The van der Waals surface area contributed by atoms with E-state index in [1.807, 2.05) is 37.4 Å². The van der Waals surface area contributed by atoms with E-state index in [0.29, 0.717) is 23.4 Å². The molecule has 0 aliphatic heterocycles. The van der Waals surface area contributed by atoms with E-state index in [0.717, 1.165) is 16.5 Å². The van der Waals surface area contributed by atoms with Gasteiger partial charge in [-0.15, -0.1) is 10.2 Å². The highest BCUT2D eigenvalue weighted by Crippen LogP contribution is 2.39. The zero-order valence-corrected chi connectivity index (χ0v) is 13.0. The van der Waals surface area contributed by atoms with Gasteiger partial charge in [-0.2, -0.15) is 4.98 Å². The van der Waals surface area contributed by atoms with Crippen molar-refractivity contribution < 1.29 is 4.52 Å². The van der Waals surface area contributed by atoms with Crippen LogP contribution in [0.15, 0.2) is 40.0 Å². The topological polar surface area (TPSA) is 69.6 Å². The van der Waals surface area contributed by atoms with Gasteiger partial charge in [-0.25, -0.2) is 0 Å². The van der Waals surface area contributed by atoms with E-state index in [4.69, 9.17) is 4.52 Å². The quantitative estimate of drug-likeness (QED) is 0.674. The third-order valence-electron chi connectivity index (χ3n) is 3.64. The molecule has 112 valence electrons. The summed E-state index contributed by atoms with van der Waals surface area (Å²) >= 11 is 1.57. The molecule has 0 radical (unpaired) electrons. The van der Waals surface area contributed by atoms with Crippen LogP contribution in [-0.2, 0) is 12.8 Å². The van der Waals surface area contributed by atoms with Crippen LogP contribution in [0.25, 0.3) is 11.4 Å². The smallest absolute Gasteiger partial charge is 0.237 e. The first-order valence-corrected chi connectivity index (χ1v) is 8.20. The van der Waals surface area contributed by atoms with E-state index in [1.54, 1.807) is 11.8 Å². The van der Waals surface area contributed by atoms with Gasteiger partial charge in [0.05, 0.1) is 5.75 Å². The van der Waals surface area contributed by atoms with E-state index < -0.39 is 0 Å². The average Bonchev–Trinajstić information content (AvgIpc) is 3.16. The molecule has 3 aromatic rings. The lowest BCUT2D eigenvalue weighted by Gasteiger charge is -2.00. The lowest BCUT2D eigenvalue weighted by molar-refractivity contribution is 0.391. The summed E-state index contributed by atoms with van der Waals surface area (Å²) in [6.07, 6.45) is 2.45. The minimum absolute atomic E-state index is 0.594. The molecule has 6 nitrogen and oxygen atoms in total. The summed E-state index contributed by atoms with van der Waals surface area (Å²) < 4.78 is 7.37. The van der Waals surface area contributed by atoms with E-state index in [1.165, 1.54) is 12.8 Å². The Morgan fingerprint density at radius 2 is 2.05 bits per heavy atom. The summed E-state index contributed by atoms with van der Waals surface area (Å²) in [7, 11) is 2.01. The number of hydrogen-bond donors (Lipinski definition) is 0. The molecule has 0 unspecified atom stereocenters. The lowest BCUT2D eigenvalue weighted by Crippen LogP contribution is -1.97. The minimum Gasteiger partial charge on any atom is -0.338 e. The summed E-state index contributed by atoms with van der Waals surface area (Å²) in [5.74, 6) is 3.49. The van der Waals surface area contributed by atoms with Crippen molar-refractivity contribution in [2.24, 2.45) is 7.05 Å². The second kappa shape index (κ2) is 5.57. The van der Waals surface area contributed by atoms with E-state index in [9.17, 15) is 0 Å². The molecular formula is C15H15N5OS. The number of rotatable bonds is 5. The molecule has 2 aromatic heterocycles. The van der Waals surface area contributed by atoms with Gasteiger partial charge in [0.25, 0.3) is 0 Å². The number of nitrogens with zero attached hydrogens (tertiary/aromatic N) is 5. The molecule has 4 rings (SSSR count). The molecule has 0 N–H and O–H groups in total. The third kappa shape index (κ3) is 2.64. The molecule has 1 aromatic carbocycles. The molecule has 0 spiro atoms. The fourth-order valence-electron chi connectivity index (χ4n) is 2.29. The zero-order valence-electron chi connectivity index (χ0n) is 12.1. The van der Waals surface area contributed by atoms with Crippen LogP contribution in [0.1, 0.15) is 30.5 Å². The molecule has 1 saturated carbocycles. The first-order valence-electron chi connectivity index (χ1n) is 7.21. The minimum atomic E-state index is 0.594. The van der Waals surface area contributed by atoms with Crippen LogP contribution in [0, 0.1) is 0 Å². The fraction of sp³-hybridized carbons (Fsp3) is 0.333. The Balaban J connectivity index is 1.45. The molecule has 0 atom stereocenters.